The molecule has 1 amide bonds. The number of hydrogen-bond donors (Lipinski definition) is 1. The fourth-order valence-electron chi connectivity index (χ4n) is 3.09. The van der Waals surface area contributed by atoms with Crippen LogP contribution in [0.3, 0.4) is 0 Å². The van der Waals surface area contributed by atoms with Crippen LogP contribution in [0.25, 0.3) is 0 Å². The summed E-state index contributed by atoms with van der Waals surface area (Å²) in [5, 5.41) is 10.6. The molecule has 1 heterocycles. The quantitative estimate of drug-likeness (QED) is 0.856. The first kappa shape index (κ1) is 19.7. The molecular formula is C21H26N2O3S. The molecule has 0 saturated carbocycles. The molecule has 0 spiro atoms. The molecule has 3 rings (SSSR count). The minimum atomic E-state index is -1.11. The molecule has 2 aromatic rings. The van der Waals surface area contributed by atoms with Crippen LogP contribution in [-0.4, -0.2) is 56.3 Å². The van der Waals surface area contributed by atoms with Gasteiger partial charge in [-0.1, -0.05) is 29.8 Å². The molecule has 2 atom stereocenters. The summed E-state index contributed by atoms with van der Waals surface area (Å²) in [6.07, 6.45) is -1.11. The highest BCUT2D eigenvalue weighted by atomic mass is 32.2. The molecule has 2 aromatic carbocycles. The summed E-state index contributed by atoms with van der Waals surface area (Å²) in [6, 6.07) is 13.7. The summed E-state index contributed by atoms with van der Waals surface area (Å²) < 4.78 is 5.38. The number of nitrogens with zero attached hydrogens (tertiary/aromatic N) is 2. The van der Waals surface area contributed by atoms with Crippen molar-refractivity contribution in [2.24, 2.45) is 0 Å². The molecule has 1 N–H and O–H groups in total. The molecule has 6 heteroatoms. The van der Waals surface area contributed by atoms with Crippen LogP contribution in [0.5, 0.6) is 5.75 Å². The fourth-order valence-corrected chi connectivity index (χ4v) is 4.38. The number of fused-ring (bicyclic) bond motifs is 1. The Kier molecular flexibility index (Phi) is 6.09. The number of hydrogen-bond acceptors (Lipinski definition) is 5. The Bertz CT molecular complexity index is 808. The normalized spacial score (nSPS) is 19.8. The predicted octanol–water partition coefficient (Wildman–Crippen LogP) is 3.11. The van der Waals surface area contributed by atoms with Crippen LogP contribution in [0, 0.1) is 6.92 Å². The number of benzene rings is 2. The maximum Gasteiger partial charge on any atom is 0.257 e. The van der Waals surface area contributed by atoms with Crippen molar-refractivity contribution >= 4 is 23.4 Å². The van der Waals surface area contributed by atoms with Gasteiger partial charge in [0, 0.05) is 18.0 Å². The number of aliphatic hydroxyl groups excluding tert-OH is 1. The second-order valence-corrected chi connectivity index (χ2v) is 8.20. The van der Waals surface area contributed by atoms with E-state index in [2.05, 4.69) is 0 Å². The molecule has 0 unspecified atom stereocenters. The zero-order chi connectivity index (χ0) is 19.6. The summed E-state index contributed by atoms with van der Waals surface area (Å²) >= 11 is 1.51. The Balaban J connectivity index is 2.04. The second kappa shape index (κ2) is 8.33. The largest absolute Gasteiger partial charge is 0.497 e. The second-order valence-electron chi connectivity index (χ2n) is 7.02. The van der Waals surface area contributed by atoms with Gasteiger partial charge in [-0.25, -0.2) is 0 Å². The third kappa shape index (κ3) is 4.29. The highest BCUT2D eigenvalue weighted by Crippen LogP contribution is 2.46. The lowest BCUT2D eigenvalue weighted by atomic mass is 10.0. The Hall–Kier alpha value is -2.02. The molecule has 0 aliphatic carbocycles. The Morgan fingerprint density at radius 2 is 1.89 bits per heavy atom. The minimum absolute atomic E-state index is 0.265. The summed E-state index contributed by atoms with van der Waals surface area (Å²) in [5.74, 6) is 0.471. The minimum Gasteiger partial charge on any atom is -0.497 e. The lowest BCUT2D eigenvalue weighted by Gasteiger charge is -2.26. The van der Waals surface area contributed by atoms with E-state index < -0.39 is 6.10 Å². The predicted molar refractivity (Wildman–Crippen MR) is 110 cm³/mol. The van der Waals surface area contributed by atoms with Gasteiger partial charge in [-0.2, -0.15) is 0 Å². The Morgan fingerprint density at radius 3 is 2.52 bits per heavy atom. The van der Waals surface area contributed by atoms with E-state index in [9.17, 15) is 9.90 Å². The van der Waals surface area contributed by atoms with Crippen LogP contribution in [0.2, 0.25) is 0 Å². The number of methoxy groups -OCH3 is 1. The van der Waals surface area contributed by atoms with Gasteiger partial charge in [0.25, 0.3) is 5.91 Å². The Labute approximate surface area is 164 Å². The third-order valence-electron chi connectivity index (χ3n) is 4.69. The molecule has 1 aliphatic rings. The summed E-state index contributed by atoms with van der Waals surface area (Å²) in [5.41, 5.74) is 2.91. The van der Waals surface area contributed by atoms with E-state index >= 15 is 0 Å². The zero-order valence-corrected chi connectivity index (χ0v) is 17.0. The first-order valence-electron chi connectivity index (χ1n) is 8.96. The summed E-state index contributed by atoms with van der Waals surface area (Å²) in [7, 11) is 5.57. The van der Waals surface area contributed by atoms with Crippen LogP contribution < -0.4 is 9.64 Å². The van der Waals surface area contributed by atoms with Gasteiger partial charge in [0.1, 0.15) is 11.9 Å². The molecule has 5 nitrogen and oxygen atoms in total. The number of rotatable bonds is 5. The number of carbonyl (C=O) groups excluding carboxylic acids is 1. The number of likely N-dealkylation sites (N-methyl/N-ethyl adjacent to an activating group) is 1. The van der Waals surface area contributed by atoms with E-state index in [1.807, 2.05) is 68.4 Å². The number of amides is 1. The molecular weight excluding hydrogens is 360 g/mol. The van der Waals surface area contributed by atoms with Crippen molar-refractivity contribution in [2.75, 3.05) is 39.2 Å². The molecule has 0 radical (unpaired) electrons. The molecule has 0 aromatic heterocycles. The lowest BCUT2D eigenvalue weighted by Crippen LogP contribution is -2.43. The molecule has 27 heavy (non-hydrogen) atoms. The van der Waals surface area contributed by atoms with Crippen LogP contribution in [-0.2, 0) is 4.79 Å². The zero-order valence-electron chi connectivity index (χ0n) is 16.2. The van der Waals surface area contributed by atoms with Crippen molar-refractivity contribution in [3.63, 3.8) is 0 Å². The fraction of sp³-hybridized carbons (Fsp3) is 0.381. The number of carbonyl (C=O) groups is 1. The van der Waals surface area contributed by atoms with E-state index in [4.69, 9.17) is 4.74 Å². The molecule has 0 bridgehead atoms. The SMILES string of the molecule is COc1ccc2c(c1)S[C@@H](c1ccc(C)cc1)[C@@H](O)C(=O)N2CCN(C)C. The first-order valence-corrected chi connectivity index (χ1v) is 9.84. The van der Waals surface area contributed by atoms with Crippen molar-refractivity contribution in [1.29, 1.82) is 0 Å². The van der Waals surface area contributed by atoms with Crippen molar-refractivity contribution in [3.8, 4) is 5.75 Å². The van der Waals surface area contributed by atoms with Gasteiger partial charge in [0.2, 0.25) is 0 Å². The molecule has 1 aliphatic heterocycles. The average molecular weight is 387 g/mol. The van der Waals surface area contributed by atoms with Crippen LogP contribution in [0.1, 0.15) is 16.4 Å². The number of ether oxygens (including phenoxy) is 1. The van der Waals surface area contributed by atoms with Gasteiger partial charge in [0.15, 0.2) is 0 Å². The van der Waals surface area contributed by atoms with Gasteiger partial charge in [-0.3, -0.25) is 4.79 Å². The summed E-state index contributed by atoms with van der Waals surface area (Å²) in [4.78, 5) is 17.8. The van der Waals surface area contributed by atoms with E-state index in [1.54, 1.807) is 12.0 Å². The number of aryl methyl sites for hydroxylation is 1. The first-order chi connectivity index (χ1) is 12.9. The smallest absolute Gasteiger partial charge is 0.257 e. The van der Waals surface area contributed by atoms with Gasteiger partial charge in [0.05, 0.1) is 18.0 Å². The van der Waals surface area contributed by atoms with Crippen molar-refractivity contribution in [2.45, 2.75) is 23.2 Å². The van der Waals surface area contributed by atoms with Gasteiger partial charge >= 0.3 is 0 Å². The lowest BCUT2D eigenvalue weighted by molar-refractivity contribution is -0.126. The van der Waals surface area contributed by atoms with E-state index in [0.29, 0.717) is 13.1 Å². The monoisotopic (exact) mass is 386 g/mol. The maximum atomic E-state index is 13.1. The number of thioether (sulfide) groups is 1. The number of aliphatic hydroxyl groups is 1. The topological polar surface area (TPSA) is 53.0 Å². The van der Waals surface area contributed by atoms with Crippen molar-refractivity contribution in [1.82, 2.24) is 4.90 Å². The average Bonchev–Trinajstić information content (AvgIpc) is 2.76. The van der Waals surface area contributed by atoms with E-state index in [1.165, 1.54) is 11.8 Å². The van der Waals surface area contributed by atoms with Crippen LogP contribution in [0.4, 0.5) is 5.69 Å². The van der Waals surface area contributed by atoms with Gasteiger partial charge in [-0.15, -0.1) is 11.8 Å². The van der Waals surface area contributed by atoms with Crippen molar-refractivity contribution < 1.29 is 14.6 Å². The third-order valence-corrected chi connectivity index (χ3v) is 6.06. The number of anilines is 1. The maximum absolute atomic E-state index is 13.1. The van der Waals surface area contributed by atoms with E-state index in [-0.39, 0.29) is 11.2 Å². The molecule has 0 saturated heterocycles. The van der Waals surface area contributed by atoms with Crippen molar-refractivity contribution in [3.05, 3.63) is 53.6 Å². The standard InChI is InChI=1S/C21H26N2O3S/c1-14-5-7-15(8-6-14)20-19(24)21(25)23(12-11-22(2)3)17-10-9-16(26-4)13-18(17)27-20/h5-10,13,19-20,24H,11-12H2,1-4H3/t19-,20+/m1/s1. The van der Waals surface area contributed by atoms with Gasteiger partial charge < -0.3 is 19.6 Å². The van der Waals surface area contributed by atoms with Gasteiger partial charge in [-0.05, 0) is 44.8 Å². The molecule has 0 fully saturated rings. The highest BCUT2D eigenvalue weighted by molar-refractivity contribution is 7.99. The van der Waals surface area contributed by atoms with Crippen LogP contribution >= 0.6 is 11.8 Å². The summed E-state index contributed by atoms with van der Waals surface area (Å²) in [6.45, 7) is 3.25. The van der Waals surface area contributed by atoms with E-state index in [0.717, 1.165) is 27.5 Å². The van der Waals surface area contributed by atoms with Crippen LogP contribution in [0.15, 0.2) is 47.4 Å². The Morgan fingerprint density at radius 1 is 1.19 bits per heavy atom. The molecule has 144 valence electrons. The highest BCUT2D eigenvalue weighted by Gasteiger charge is 2.37.